The number of aliphatic hydroxyl groups excluding tert-OH is 1. The molecule has 0 radical (unpaired) electrons. The van der Waals surface area contributed by atoms with E-state index in [4.69, 9.17) is 5.73 Å². The molecular weight excluding hydrogens is 138 g/mol. The molecule has 0 aromatic rings. The van der Waals surface area contributed by atoms with E-state index in [2.05, 4.69) is 6.92 Å². The van der Waals surface area contributed by atoms with E-state index < -0.39 is 0 Å². The van der Waals surface area contributed by atoms with Crippen molar-refractivity contribution in [1.29, 1.82) is 0 Å². The highest BCUT2D eigenvalue weighted by Gasteiger charge is 2.07. The SMILES string of the molecule is CCCCCC[C@@H](O)[C@H](C)N. The van der Waals surface area contributed by atoms with Crippen LogP contribution in [-0.2, 0) is 0 Å². The minimum atomic E-state index is -0.299. The standard InChI is InChI=1S/C9H21NO/c1-3-4-5-6-7-9(11)8(2)10/h8-9,11H,3-7,10H2,1-2H3/t8-,9+/m0/s1. The molecule has 0 saturated heterocycles. The van der Waals surface area contributed by atoms with Gasteiger partial charge in [-0.05, 0) is 13.3 Å². The number of aliphatic hydroxyl groups is 1. The number of rotatable bonds is 6. The van der Waals surface area contributed by atoms with Crippen LogP contribution in [0.3, 0.4) is 0 Å². The Kier molecular flexibility index (Phi) is 6.57. The van der Waals surface area contributed by atoms with E-state index in [0.717, 1.165) is 12.8 Å². The zero-order valence-electron chi connectivity index (χ0n) is 7.71. The maximum Gasteiger partial charge on any atom is 0.0688 e. The lowest BCUT2D eigenvalue weighted by Gasteiger charge is -2.13. The van der Waals surface area contributed by atoms with Crippen LogP contribution in [0.5, 0.6) is 0 Å². The van der Waals surface area contributed by atoms with Crippen molar-refractivity contribution in [1.82, 2.24) is 0 Å². The van der Waals surface area contributed by atoms with E-state index in [0.29, 0.717) is 0 Å². The Bertz CT molecular complexity index is 83.6. The van der Waals surface area contributed by atoms with Crippen molar-refractivity contribution in [2.24, 2.45) is 5.73 Å². The summed E-state index contributed by atoms with van der Waals surface area (Å²) < 4.78 is 0. The molecule has 0 heterocycles. The van der Waals surface area contributed by atoms with Crippen LogP contribution in [0.1, 0.15) is 46.0 Å². The number of hydrogen-bond donors (Lipinski definition) is 2. The molecule has 0 spiro atoms. The number of unbranched alkanes of at least 4 members (excludes halogenated alkanes) is 3. The molecule has 0 aromatic carbocycles. The minimum Gasteiger partial charge on any atom is -0.392 e. The van der Waals surface area contributed by atoms with Crippen LogP contribution in [0, 0.1) is 0 Å². The average molecular weight is 159 g/mol. The molecule has 0 fully saturated rings. The summed E-state index contributed by atoms with van der Waals surface area (Å²) in [6.45, 7) is 4.03. The maximum atomic E-state index is 9.30. The van der Waals surface area contributed by atoms with E-state index in [1.165, 1.54) is 19.3 Å². The third kappa shape index (κ3) is 6.32. The van der Waals surface area contributed by atoms with Crippen LogP contribution in [0.25, 0.3) is 0 Å². The molecule has 3 N–H and O–H groups in total. The van der Waals surface area contributed by atoms with Crippen LogP contribution >= 0.6 is 0 Å². The molecule has 11 heavy (non-hydrogen) atoms. The Hall–Kier alpha value is -0.0800. The first kappa shape index (κ1) is 10.9. The van der Waals surface area contributed by atoms with Crippen molar-refractivity contribution < 1.29 is 5.11 Å². The van der Waals surface area contributed by atoms with Gasteiger partial charge in [0.15, 0.2) is 0 Å². The zero-order valence-corrected chi connectivity index (χ0v) is 7.71. The molecule has 0 unspecified atom stereocenters. The van der Waals surface area contributed by atoms with E-state index in [-0.39, 0.29) is 12.1 Å². The zero-order chi connectivity index (χ0) is 8.69. The second-order valence-electron chi connectivity index (χ2n) is 3.28. The Morgan fingerprint density at radius 1 is 1.27 bits per heavy atom. The first-order valence-electron chi connectivity index (χ1n) is 4.62. The molecule has 0 aliphatic carbocycles. The van der Waals surface area contributed by atoms with Gasteiger partial charge < -0.3 is 10.8 Å². The van der Waals surface area contributed by atoms with Gasteiger partial charge in [0.1, 0.15) is 0 Å². The highest BCUT2D eigenvalue weighted by atomic mass is 16.3. The summed E-state index contributed by atoms with van der Waals surface area (Å²) in [6, 6.07) is -0.0726. The summed E-state index contributed by atoms with van der Waals surface area (Å²) in [5.41, 5.74) is 5.50. The van der Waals surface area contributed by atoms with Gasteiger partial charge in [0, 0.05) is 6.04 Å². The van der Waals surface area contributed by atoms with E-state index >= 15 is 0 Å². The van der Waals surface area contributed by atoms with Gasteiger partial charge in [0.2, 0.25) is 0 Å². The molecule has 0 amide bonds. The molecule has 0 bridgehead atoms. The normalized spacial score (nSPS) is 16.4. The van der Waals surface area contributed by atoms with E-state index in [1.807, 2.05) is 6.92 Å². The topological polar surface area (TPSA) is 46.2 Å². The maximum absolute atomic E-state index is 9.30. The predicted molar refractivity (Wildman–Crippen MR) is 48.4 cm³/mol. The van der Waals surface area contributed by atoms with Crippen molar-refractivity contribution in [2.45, 2.75) is 58.1 Å². The molecule has 0 aliphatic heterocycles. The molecule has 68 valence electrons. The lowest BCUT2D eigenvalue weighted by Crippen LogP contribution is -2.31. The molecule has 2 heteroatoms. The quantitative estimate of drug-likeness (QED) is 0.579. The predicted octanol–water partition coefficient (Wildman–Crippen LogP) is 1.66. The summed E-state index contributed by atoms with van der Waals surface area (Å²) in [4.78, 5) is 0. The fraction of sp³-hybridized carbons (Fsp3) is 1.00. The summed E-state index contributed by atoms with van der Waals surface area (Å²) >= 11 is 0. The lowest BCUT2D eigenvalue weighted by atomic mass is 10.1. The average Bonchev–Trinajstić information content (AvgIpc) is 1.97. The van der Waals surface area contributed by atoms with Crippen LogP contribution in [-0.4, -0.2) is 17.3 Å². The van der Waals surface area contributed by atoms with Crippen LogP contribution in [0.2, 0.25) is 0 Å². The van der Waals surface area contributed by atoms with Gasteiger partial charge in [-0.15, -0.1) is 0 Å². The van der Waals surface area contributed by atoms with Crippen LogP contribution in [0.4, 0.5) is 0 Å². The largest absolute Gasteiger partial charge is 0.392 e. The Balaban J connectivity index is 3.10. The first-order valence-corrected chi connectivity index (χ1v) is 4.62. The molecule has 0 rings (SSSR count). The van der Waals surface area contributed by atoms with Gasteiger partial charge >= 0.3 is 0 Å². The molecule has 0 saturated carbocycles. The number of nitrogens with two attached hydrogens (primary N) is 1. The van der Waals surface area contributed by atoms with Crippen LogP contribution < -0.4 is 5.73 Å². The fourth-order valence-corrected chi connectivity index (χ4v) is 1.04. The van der Waals surface area contributed by atoms with Crippen molar-refractivity contribution in [3.8, 4) is 0 Å². The van der Waals surface area contributed by atoms with Crippen molar-refractivity contribution >= 4 is 0 Å². The molecular formula is C9H21NO. The second-order valence-corrected chi connectivity index (χ2v) is 3.28. The van der Waals surface area contributed by atoms with Gasteiger partial charge in [-0.1, -0.05) is 32.6 Å². The van der Waals surface area contributed by atoms with E-state index in [1.54, 1.807) is 0 Å². The number of hydrogen-bond acceptors (Lipinski definition) is 2. The summed E-state index contributed by atoms with van der Waals surface area (Å²) in [6.07, 6.45) is 5.40. The smallest absolute Gasteiger partial charge is 0.0688 e. The first-order chi connectivity index (χ1) is 5.18. The van der Waals surface area contributed by atoms with Crippen molar-refractivity contribution in [3.05, 3.63) is 0 Å². The molecule has 2 atom stereocenters. The summed E-state index contributed by atoms with van der Waals surface area (Å²) in [7, 11) is 0. The highest BCUT2D eigenvalue weighted by molar-refractivity contribution is 4.65. The summed E-state index contributed by atoms with van der Waals surface area (Å²) in [5.74, 6) is 0. The van der Waals surface area contributed by atoms with Crippen molar-refractivity contribution in [2.75, 3.05) is 0 Å². The van der Waals surface area contributed by atoms with Crippen LogP contribution in [0.15, 0.2) is 0 Å². The summed E-state index contributed by atoms with van der Waals surface area (Å²) in [5, 5.41) is 9.30. The Morgan fingerprint density at radius 2 is 1.91 bits per heavy atom. The van der Waals surface area contributed by atoms with E-state index in [9.17, 15) is 5.11 Å². The van der Waals surface area contributed by atoms with Gasteiger partial charge in [0.25, 0.3) is 0 Å². The lowest BCUT2D eigenvalue weighted by molar-refractivity contribution is 0.138. The van der Waals surface area contributed by atoms with Gasteiger partial charge in [-0.3, -0.25) is 0 Å². The Morgan fingerprint density at radius 3 is 2.36 bits per heavy atom. The Labute approximate surface area is 69.8 Å². The second kappa shape index (κ2) is 6.62. The van der Waals surface area contributed by atoms with Gasteiger partial charge in [0.05, 0.1) is 6.10 Å². The third-order valence-corrected chi connectivity index (χ3v) is 1.96. The minimum absolute atomic E-state index is 0.0726. The highest BCUT2D eigenvalue weighted by Crippen LogP contribution is 2.06. The monoisotopic (exact) mass is 159 g/mol. The fourth-order valence-electron chi connectivity index (χ4n) is 1.04. The molecule has 0 aliphatic rings. The van der Waals surface area contributed by atoms with Gasteiger partial charge in [-0.2, -0.15) is 0 Å². The van der Waals surface area contributed by atoms with Gasteiger partial charge in [-0.25, -0.2) is 0 Å². The van der Waals surface area contributed by atoms with Crippen molar-refractivity contribution in [3.63, 3.8) is 0 Å². The third-order valence-electron chi connectivity index (χ3n) is 1.96. The molecule has 2 nitrogen and oxygen atoms in total. The molecule has 0 aromatic heterocycles.